The van der Waals surface area contributed by atoms with Crippen molar-refractivity contribution < 1.29 is 0 Å². The average Bonchev–Trinajstić information content (AvgIpc) is 2.29. The van der Waals surface area contributed by atoms with Gasteiger partial charge in [0, 0.05) is 24.8 Å². The number of piperazine rings is 1. The number of hydrogen-bond donors (Lipinski definition) is 1. The second kappa shape index (κ2) is 5.20. The van der Waals surface area contributed by atoms with Crippen LogP contribution in [0.1, 0.15) is 18.9 Å². The first-order valence-corrected chi connectivity index (χ1v) is 6.15. The van der Waals surface area contributed by atoms with Crippen molar-refractivity contribution in [2.75, 3.05) is 18.0 Å². The Morgan fingerprint density at radius 2 is 2.29 bits per heavy atom. The predicted octanol–water partition coefficient (Wildman–Crippen LogP) is 2.08. The Morgan fingerprint density at radius 3 is 3.00 bits per heavy atom. The SMILES string of the molecule is Cc1cccc(N2C(C)CNCC2CC#N)c1. The van der Waals surface area contributed by atoms with E-state index < -0.39 is 0 Å². The zero-order valence-corrected chi connectivity index (χ0v) is 10.5. The van der Waals surface area contributed by atoms with Crippen LogP contribution in [0.3, 0.4) is 0 Å². The van der Waals surface area contributed by atoms with Gasteiger partial charge < -0.3 is 10.2 Å². The summed E-state index contributed by atoms with van der Waals surface area (Å²) in [5.74, 6) is 0. The molecule has 1 heterocycles. The smallest absolute Gasteiger partial charge is 0.0643 e. The van der Waals surface area contributed by atoms with Crippen molar-refractivity contribution in [3.05, 3.63) is 29.8 Å². The first kappa shape index (κ1) is 11.9. The summed E-state index contributed by atoms with van der Waals surface area (Å²) in [5, 5.41) is 12.3. The fraction of sp³-hybridized carbons (Fsp3) is 0.500. The fourth-order valence-corrected chi connectivity index (χ4v) is 2.55. The second-order valence-corrected chi connectivity index (χ2v) is 4.77. The van der Waals surface area contributed by atoms with E-state index in [-0.39, 0.29) is 6.04 Å². The number of nitriles is 1. The van der Waals surface area contributed by atoms with Gasteiger partial charge in [-0.3, -0.25) is 0 Å². The van der Waals surface area contributed by atoms with Crippen LogP contribution < -0.4 is 10.2 Å². The van der Waals surface area contributed by atoms with Gasteiger partial charge in [-0.1, -0.05) is 12.1 Å². The van der Waals surface area contributed by atoms with Gasteiger partial charge in [0.1, 0.15) is 0 Å². The molecule has 0 aromatic heterocycles. The molecule has 2 atom stereocenters. The second-order valence-electron chi connectivity index (χ2n) is 4.77. The minimum absolute atomic E-state index is 0.283. The third-order valence-corrected chi connectivity index (χ3v) is 3.31. The van der Waals surface area contributed by atoms with Crippen molar-refractivity contribution >= 4 is 5.69 Å². The summed E-state index contributed by atoms with van der Waals surface area (Å²) < 4.78 is 0. The topological polar surface area (TPSA) is 39.1 Å². The number of nitrogens with one attached hydrogen (secondary N) is 1. The molecule has 1 N–H and O–H groups in total. The lowest BCUT2D eigenvalue weighted by molar-refractivity contribution is 0.417. The minimum Gasteiger partial charge on any atom is -0.362 e. The summed E-state index contributed by atoms with van der Waals surface area (Å²) in [6, 6.07) is 11.5. The molecule has 0 amide bonds. The highest BCUT2D eigenvalue weighted by atomic mass is 15.2. The zero-order chi connectivity index (χ0) is 12.3. The van der Waals surface area contributed by atoms with Crippen LogP contribution in [0, 0.1) is 18.3 Å². The molecule has 1 fully saturated rings. The molecule has 0 radical (unpaired) electrons. The molecule has 3 nitrogen and oxygen atoms in total. The summed E-state index contributed by atoms with van der Waals surface area (Å²) >= 11 is 0. The number of benzene rings is 1. The van der Waals surface area contributed by atoms with Gasteiger partial charge in [0.2, 0.25) is 0 Å². The van der Waals surface area contributed by atoms with E-state index in [1.165, 1.54) is 11.3 Å². The van der Waals surface area contributed by atoms with E-state index in [9.17, 15) is 0 Å². The first-order chi connectivity index (χ1) is 8.22. The lowest BCUT2D eigenvalue weighted by Gasteiger charge is -2.42. The van der Waals surface area contributed by atoms with Gasteiger partial charge in [0.05, 0.1) is 18.5 Å². The van der Waals surface area contributed by atoms with Crippen molar-refractivity contribution in [2.24, 2.45) is 0 Å². The molecule has 0 saturated carbocycles. The van der Waals surface area contributed by atoms with Gasteiger partial charge in [-0.25, -0.2) is 0 Å². The van der Waals surface area contributed by atoms with Crippen LogP contribution in [-0.4, -0.2) is 25.2 Å². The van der Waals surface area contributed by atoms with Gasteiger partial charge >= 0.3 is 0 Å². The maximum Gasteiger partial charge on any atom is 0.0643 e. The van der Waals surface area contributed by atoms with Crippen LogP contribution >= 0.6 is 0 Å². The van der Waals surface area contributed by atoms with E-state index in [4.69, 9.17) is 5.26 Å². The molecule has 1 aliphatic rings. The molecule has 0 bridgehead atoms. The van der Waals surface area contributed by atoms with Gasteiger partial charge in [0.25, 0.3) is 0 Å². The van der Waals surface area contributed by atoms with Crippen molar-refractivity contribution in [3.63, 3.8) is 0 Å². The summed E-state index contributed by atoms with van der Waals surface area (Å²) in [4.78, 5) is 2.38. The molecular weight excluding hydrogens is 210 g/mol. The van der Waals surface area contributed by atoms with E-state index in [1.807, 2.05) is 0 Å². The Hall–Kier alpha value is -1.53. The summed E-state index contributed by atoms with van der Waals surface area (Å²) in [6.07, 6.45) is 0.575. The number of hydrogen-bond acceptors (Lipinski definition) is 3. The molecule has 3 heteroatoms. The minimum atomic E-state index is 0.283. The highest BCUT2D eigenvalue weighted by Gasteiger charge is 2.27. The number of nitrogens with zero attached hydrogens (tertiary/aromatic N) is 2. The van der Waals surface area contributed by atoms with Gasteiger partial charge in [-0.2, -0.15) is 5.26 Å². The summed E-state index contributed by atoms with van der Waals surface area (Å²) in [6.45, 7) is 6.19. The Morgan fingerprint density at radius 1 is 1.47 bits per heavy atom. The zero-order valence-electron chi connectivity index (χ0n) is 10.5. The first-order valence-electron chi connectivity index (χ1n) is 6.15. The molecule has 2 unspecified atom stereocenters. The van der Waals surface area contributed by atoms with Crippen LogP contribution in [-0.2, 0) is 0 Å². The highest BCUT2D eigenvalue weighted by Crippen LogP contribution is 2.24. The average molecular weight is 229 g/mol. The standard InChI is InChI=1S/C14H19N3/c1-11-4-3-5-13(8-11)17-12(2)9-16-10-14(17)6-7-15/h3-5,8,12,14,16H,6,9-10H2,1-2H3. The van der Waals surface area contributed by atoms with E-state index in [0.717, 1.165) is 13.1 Å². The molecule has 2 rings (SSSR count). The molecule has 17 heavy (non-hydrogen) atoms. The van der Waals surface area contributed by atoms with Crippen molar-refractivity contribution in [2.45, 2.75) is 32.4 Å². The van der Waals surface area contributed by atoms with E-state index in [2.05, 4.69) is 54.4 Å². The number of rotatable bonds is 2. The number of anilines is 1. The Kier molecular flexibility index (Phi) is 3.65. The normalized spacial score (nSPS) is 24.4. The Bertz CT molecular complexity index is 422. The fourth-order valence-electron chi connectivity index (χ4n) is 2.55. The van der Waals surface area contributed by atoms with Crippen LogP contribution in [0.25, 0.3) is 0 Å². The molecule has 1 aromatic rings. The van der Waals surface area contributed by atoms with Crippen molar-refractivity contribution in [1.82, 2.24) is 5.32 Å². The van der Waals surface area contributed by atoms with Crippen molar-refractivity contribution in [3.8, 4) is 6.07 Å². The third-order valence-electron chi connectivity index (χ3n) is 3.31. The monoisotopic (exact) mass is 229 g/mol. The molecular formula is C14H19N3. The largest absolute Gasteiger partial charge is 0.362 e. The Labute approximate surface area is 103 Å². The predicted molar refractivity (Wildman–Crippen MR) is 70.0 cm³/mol. The molecule has 1 aliphatic heterocycles. The summed E-state index contributed by atoms with van der Waals surface area (Å²) in [5.41, 5.74) is 2.50. The van der Waals surface area contributed by atoms with Crippen molar-refractivity contribution in [1.29, 1.82) is 5.26 Å². The maximum absolute atomic E-state index is 8.92. The highest BCUT2D eigenvalue weighted by molar-refractivity contribution is 5.51. The molecule has 90 valence electrons. The maximum atomic E-state index is 8.92. The van der Waals surface area contributed by atoms with E-state index >= 15 is 0 Å². The number of aryl methyl sites for hydroxylation is 1. The van der Waals surface area contributed by atoms with Gasteiger partial charge in [-0.05, 0) is 31.5 Å². The van der Waals surface area contributed by atoms with E-state index in [0.29, 0.717) is 12.5 Å². The molecule has 1 aromatic carbocycles. The third kappa shape index (κ3) is 2.59. The van der Waals surface area contributed by atoms with Crippen LogP contribution in [0.15, 0.2) is 24.3 Å². The van der Waals surface area contributed by atoms with Gasteiger partial charge in [0.15, 0.2) is 0 Å². The molecule has 0 spiro atoms. The van der Waals surface area contributed by atoms with Gasteiger partial charge in [-0.15, -0.1) is 0 Å². The van der Waals surface area contributed by atoms with Crippen LogP contribution in [0.5, 0.6) is 0 Å². The van der Waals surface area contributed by atoms with E-state index in [1.54, 1.807) is 0 Å². The van der Waals surface area contributed by atoms with Crippen LogP contribution in [0.4, 0.5) is 5.69 Å². The Balaban J connectivity index is 2.28. The van der Waals surface area contributed by atoms with Crippen LogP contribution in [0.2, 0.25) is 0 Å². The summed E-state index contributed by atoms with van der Waals surface area (Å²) in [7, 11) is 0. The molecule has 1 saturated heterocycles. The lowest BCUT2D eigenvalue weighted by atomic mass is 10.0. The molecule has 0 aliphatic carbocycles. The quantitative estimate of drug-likeness (QED) is 0.844. The lowest BCUT2D eigenvalue weighted by Crippen LogP contribution is -2.56.